The molecule has 1 aromatic rings. The van der Waals surface area contributed by atoms with Crippen LogP contribution in [0.3, 0.4) is 0 Å². The van der Waals surface area contributed by atoms with Gasteiger partial charge in [-0.3, -0.25) is 14.6 Å². The highest BCUT2D eigenvalue weighted by atomic mass is 35.5. The lowest BCUT2D eigenvalue weighted by Crippen LogP contribution is -2.63. The number of ether oxygens (including phenoxy) is 1. The quantitative estimate of drug-likeness (QED) is 0.902. The minimum Gasteiger partial charge on any atom is -0.379 e. The van der Waals surface area contributed by atoms with Gasteiger partial charge in [0.25, 0.3) is 0 Å². The van der Waals surface area contributed by atoms with Crippen LogP contribution in [0, 0.1) is 6.92 Å². The molecule has 0 spiro atoms. The fourth-order valence-corrected chi connectivity index (χ4v) is 3.68. The Hall–Kier alpha value is -1.14. The van der Waals surface area contributed by atoms with Gasteiger partial charge in [0.2, 0.25) is 5.91 Å². The number of hydrogen-bond donors (Lipinski definition) is 1. The highest BCUT2D eigenvalue weighted by Gasteiger charge is 2.46. The number of amides is 1. The molecule has 2 saturated heterocycles. The van der Waals surface area contributed by atoms with E-state index in [1.807, 2.05) is 13.0 Å². The van der Waals surface area contributed by atoms with Crippen LogP contribution in [0.1, 0.15) is 17.5 Å². The van der Waals surface area contributed by atoms with Gasteiger partial charge >= 0.3 is 0 Å². The van der Waals surface area contributed by atoms with Crippen molar-refractivity contribution >= 4 is 17.5 Å². The van der Waals surface area contributed by atoms with Crippen molar-refractivity contribution in [1.82, 2.24) is 9.80 Å². The second-order valence-electron chi connectivity index (χ2n) is 6.55. The summed E-state index contributed by atoms with van der Waals surface area (Å²) in [5.74, 6) is -0.256. The fraction of sp³-hybridized carbons (Fsp3) is 0.588. The Labute approximate surface area is 142 Å². The highest BCUT2D eigenvalue weighted by molar-refractivity contribution is 6.31. The Morgan fingerprint density at radius 3 is 2.65 bits per heavy atom. The molecule has 0 aliphatic carbocycles. The summed E-state index contributed by atoms with van der Waals surface area (Å²) in [6.07, 6.45) is 0.704. The molecule has 1 amide bonds. The van der Waals surface area contributed by atoms with Gasteiger partial charge < -0.3 is 10.5 Å². The van der Waals surface area contributed by atoms with Crippen molar-refractivity contribution in [3.63, 3.8) is 0 Å². The maximum absolute atomic E-state index is 11.9. The first-order valence-corrected chi connectivity index (χ1v) is 8.49. The SMILES string of the molecule is Cc1ccc(CN2CCN(C3(C(N)=O)CCOC3)CC2)cc1Cl. The van der Waals surface area contributed by atoms with Crippen molar-refractivity contribution in [1.29, 1.82) is 0 Å². The Bertz CT molecular complexity index is 579. The Kier molecular flexibility index (Phi) is 4.92. The summed E-state index contributed by atoms with van der Waals surface area (Å²) in [5, 5.41) is 0.817. The second kappa shape index (κ2) is 6.77. The first-order valence-electron chi connectivity index (χ1n) is 8.11. The van der Waals surface area contributed by atoms with E-state index < -0.39 is 5.54 Å². The molecule has 3 rings (SSSR count). The number of primary amides is 1. The van der Waals surface area contributed by atoms with Crippen molar-refractivity contribution in [2.45, 2.75) is 25.4 Å². The van der Waals surface area contributed by atoms with Gasteiger partial charge in [-0.05, 0) is 24.1 Å². The highest BCUT2D eigenvalue weighted by Crippen LogP contribution is 2.27. The molecule has 1 aromatic carbocycles. The third kappa shape index (κ3) is 3.38. The van der Waals surface area contributed by atoms with Gasteiger partial charge in [-0.1, -0.05) is 23.7 Å². The minimum atomic E-state index is -0.598. The molecule has 0 radical (unpaired) electrons. The number of nitrogens with zero attached hydrogens (tertiary/aromatic N) is 2. The van der Waals surface area contributed by atoms with Gasteiger partial charge in [0.05, 0.1) is 6.61 Å². The van der Waals surface area contributed by atoms with Crippen molar-refractivity contribution in [3.05, 3.63) is 34.3 Å². The van der Waals surface area contributed by atoms with Gasteiger partial charge in [-0.25, -0.2) is 0 Å². The average molecular weight is 338 g/mol. The molecule has 6 heteroatoms. The van der Waals surface area contributed by atoms with E-state index in [1.54, 1.807) is 0 Å². The number of nitrogens with two attached hydrogens (primary N) is 1. The standard InChI is InChI=1S/C17H24ClN3O2/c1-13-2-3-14(10-15(13)18)11-20-5-7-21(8-6-20)17(16(19)22)4-9-23-12-17/h2-3,10H,4-9,11-12H2,1H3,(H2,19,22). The molecular formula is C17H24ClN3O2. The predicted molar refractivity (Wildman–Crippen MR) is 90.4 cm³/mol. The molecule has 2 fully saturated rings. The van der Waals surface area contributed by atoms with Gasteiger partial charge in [0.15, 0.2) is 0 Å². The van der Waals surface area contributed by atoms with Crippen LogP contribution in [0.5, 0.6) is 0 Å². The van der Waals surface area contributed by atoms with Crippen LogP contribution in [0.2, 0.25) is 5.02 Å². The van der Waals surface area contributed by atoms with Crippen LogP contribution in [-0.4, -0.2) is 60.6 Å². The normalized spacial score (nSPS) is 26.5. The molecule has 2 aliphatic rings. The molecule has 126 valence electrons. The van der Waals surface area contributed by atoms with Gasteiger partial charge in [-0.15, -0.1) is 0 Å². The predicted octanol–water partition coefficient (Wildman–Crippen LogP) is 1.41. The zero-order valence-electron chi connectivity index (χ0n) is 13.6. The van der Waals surface area contributed by atoms with Crippen LogP contribution in [0.4, 0.5) is 0 Å². The smallest absolute Gasteiger partial charge is 0.240 e. The number of rotatable bonds is 4. The topological polar surface area (TPSA) is 58.8 Å². The Morgan fingerprint density at radius 2 is 2.09 bits per heavy atom. The first-order chi connectivity index (χ1) is 11.0. The van der Waals surface area contributed by atoms with E-state index in [4.69, 9.17) is 22.1 Å². The summed E-state index contributed by atoms with van der Waals surface area (Å²) < 4.78 is 5.45. The van der Waals surface area contributed by atoms with Crippen LogP contribution in [0.25, 0.3) is 0 Å². The van der Waals surface area contributed by atoms with Gasteiger partial charge in [-0.2, -0.15) is 0 Å². The molecule has 0 saturated carbocycles. The average Bonchev–Trinajstić information content (AvgIpc) is 3.03. The molecule has 1 unspecified atom stereocenters. The molecule has 2 heterocycles. The number of halogens is 1. The minimum absolute atomic E-state index is 0.256. The van der Waals surface area contributed by atoms with Crippen LogP contribution in [0.15, 0.2) is 18.2 Å². The van der Waals surface area contributed by atoms with E-state index in [-0.39, 0.29) is 5.91 Å². The van der Waals surface area contributed by atoms with E-state index in [2.05, 4.69) is 21.9 Å². The van der Waals surface area contributed by atoms with Crippen molar-refractivity contribution in [2.75, 3.05) is 39.4 Å². The number of aryl methyl sites for hydroxylation is 1. The van der Waals surface area contributed by atoms with E-state index in [9.17, 15) is 4.79 Å². The summed E-state index contributed by atoms with van der Waals surface area (Å²) in [5.41, 5.74) is 7.39. The molecular weight excluding hydrogens is 314 g/mol. The summed E-state index contributed by atoms with van der Waals surface area (Å²) in [7, 11) is 0. The van der Waals surface area contributed by atoms with E-state index in [0.717, 1.165) is 43.3 Å². The maximum Gasteiger partial charge on any atom is 0.240 e. The van der Waals surface area contributed by atoms with Crippen molar-refractivity contribution < 1.29 is 9.53 Å². The van der Waals surface area contributed by atoms with Gasteiger partial charge in [0, 0.05) is 50.8 Å². The maximum atomic E-state index is 11.9. The summed E-state index contributed by atoms with van der Waals surface area (Å²) in [4.78, 5) is 16.5. The van der Waals surface area contributed by atoms with Crippen LogP contribution < -0.4 is 5.73 Å². The van der Waals surface area contributed by atoms with E-state index in [0.29, 0.717) is 19.6 Å². The fourth-order valence-electron chi connectivity index (χ4n) is 3.48. The molecule has 0 aromatic heterocycles. The third-order valence-corrected chi connectivity index (χ3v) is 5.49. The number of carbonyl (C=O) groups excluding carboxylic acids is 1. The number of benzene rings is 1. The number of piperazine rings is 1. The molecule has 1 atom stereocenters. The lowest BCUT2D eigenvalue weighted by molar-refractivity contribution is -0.132. The first kappa shape index (κ1) is 16.7. The summed E-state index contributed by atoms with van der Waals surface area (Å²) >= 11 is 6.20. The zero-order chi connectivity index (χ0) is 16.4. The Morgan fingerprint density at radius 1 is 1.35 bits per heavy atom. The molecule has 5 nitrogen and oxygen atoms in total. The van der Waals surface area contributed by atoms with E-state index >= 15 is 0 Å². The number of hydrogen-bond acceptors (Lipinski definition) is 4. The lowest BCUT2D eigenvalue weighted by Gasteiger charge is -2.43. The molecule has 0 bridgehead atoms. The lowest BCUT2D eigenvalue weighted by atomic mass is 9.94. The van der Waals surface area contributed by atoms with Crippen LogP contribution >= 0.6 is 11.6 Å². The van der Waals surface area contributed by atoms with Crippen molar-refractivity contribution in [2.24, 2.45) is 5.73 Å². The molecule has 23 heavy (non-hydrogen) atoms. The second-order valence-corrected chi connectivity index (χ2v) is 6.95. The van der Waals surface area contributed by atoms with Gasteiger partial charge in [0.1, 0.15) is 5.54 Å². The van der Waals surface area contributed by atoms with Crippen molar-refractivity contribution in [3.8, 4) is 0 Å². The third-order valence-electron chi connectivity index (χ3n) is 5.08. The largest absolute Gasteiger partial charge is 0.379 e. The Balaban J connectivity index is 1.60. The monoisotopic (exact) mass is 337 g/mol. The van der Waals surface area contributed by atoms with E-state index in [1.165, 1.54) is 5.56 Å². The molecule has 2 N–H and O–H groups in total. The van der Waals surface area contributed by atoms with Crippen LogP contribution in [-0.2, 0) is 16.1 Å². The number of carbonyl (C=O) groups is 1. The summed E-state index contributed by atoms with van der Waals surface area (Å²) in [6.45, 7) is 7.45. The summed E-state index contributed by atoms with van der Waals surface area (Å²) in [6, 6.07) is 6.23. The zero-order valence-corrected chi connectivity index (χ0v) is 14.3. The molecule has 2 aliphatic heterocycles.